The molecule has 1 saturated heterocycles. The molecule has 7 atom stereocenters. The van der Waals surface area contributed by atoms with Gasteiger partial charge in [-0.05, 0) is 44.9 Å². The predicted molar refractivity (Wildman–Crippen MR) is 198 cm³/mol. The second kappa shape index (κ2) is 31.2. The lowest BCUT2D eigenvalue weighted by atomic mass is 9.99. The zero-order valence-corrected chi connectivity index (χ0v) is 30.9. The summed E-state index contributed by atoms with van der Waals surface area (Å²) < 4.78 is 11.1. The molecule has 1 aliphatic rings. The SMILES string of the molecule is CCCCCCCC/C=C/CC/C=C/CC/C=C/C(O)C(COC1OC(CO)C(O)C(O)C1O)NC(=O)CCCCCCCCCCCC. The van der Waals surface area contributed by atoms with E-state index in [9.17, 15) is 30.3 Å². The standard InChI is InChI=1S/C40H73NO8/c1-3-5-7-9-11-13-15-16-17-18-19-20-21-23-25-27-29-34(43)33(32-48-40-39(47)38(46)37(45)35(31-42)49-40)41-36(44)30-28-26-24-22-14-12-10-8-6-4-2/h16-17,20-21,27,29,33-35,37-40,42-43,45-47H,3-15,18-19,22-26,28,30-32H2,1-2H3,(H,41,44)/b17-16+,21-20+,29-27+. The van der Waals surface area contributed by atoms with Crippen molar-refractivity contribution < 1.29 is 39.8 Å². The molecule has 1 aliphatic heterocycles. The van der Waals surface area contributed by atoms with E-state index >= 15 is 0 Å². The van der Waals surface area contributed by atoms with Crippen LogP contribution in [0.2, 0.25) is 0 Å². The number of aliphatic hydroxyl groups is 5. The molecule has 0 radical (unpaired) electrons. The van der Waals surface area contributed by atoms with Gasteiger partial charge in [0.05, 0.1) is 25.4 Å². The smallest absolute Gasteiger partial charge is 0.220 e. The largest absolute Gasteiger partial charge is 0.394 e. The second-order valence-electron chi connectivity index (χ2n) is 13.7. The Hall–Kier alpha value is -1.59. The van der Waals surface area contributed by atoms with Gasteiger partial charge in [0.15, 0.2) is 6.29 Å². The van der Waals surface area contributed by atoms with Gasteiger partial charge in [-0.25, -0.2) is 0 Å². The van der Waals surface area contributed by atoms with Crippen LogP contribution in [0, 0.1) is 0 Å². The highest BCUT2D eigenvalue weighted by Crippen LogP contribution is 2.22. The third-order valence-electron chi connectivity index (χ3n) is 9.20. The van der Waals surface area contributed by atoms with Crippen molar-refractivity contribution in [3.63, 3.8) is 0 Å². The number of rotatable bonds is 31. The van der Waals surface area contributed by atoms with Gasteiger partial charge in [0.25, 0.3) is 0 Å². The van der Waals surface area contributed by atoms with E-state index in [4.69, 9.17) is 9.47 Å². The predicted octanol–water partition coefficient (Wildman–Crippen LogP) is 6.94. The summed E-state index contributed by atoms with van der Waals surface area (Å²) in [6.07, 6.45) is 29.0. The molecule has 1 amide bonds. The van der Waals surface area contributed by atoms with E-state index < -0.39 is 49.5 Å². The van der Waals surface area contributed by atoms with E-state index in [0.29, 0.717) is 6.42 Å². The number of amides is 1. The number of hydrogen-bond donors (Lipinski definition) is 6. The molecule has 0 spiro atoms. The topological polar surface area (TPSA) is 149 Å². The van der Waals surface area contributed by atoms with Gasteiger partial charge in [-0.15, -0.1) is 0 Å². The van der Waals surface area contributed by atoms with Crippen LogP contribution in [0.15, 0.2) is 36.5 Å². The Morgan fingerprint density at radius 1 is 0.673 bits per heavy atom. The zero-order chi connectivity index (χ0) is 36.0. The Morgan fingerprint density at radius 3 is 1.71 bits per heavy atom. The van der Waals surface area contributed by atoms with Crippen LogP contribution in [0.3, 0.4) is 0 Å². The first-order valence-electron chi connectivity index (χ1n) is 19.7. The normalized spacial score (nSPS) is 22.8. The highest BCUT2D eigenvalue weighted by atomic mass is 16.7. The van der Waals surface area contributed by atoms with Crippen LogP contribution in [0.5, 0.6) is 0 Å². The van der Waals surface area contributed by atoms with Crippen molar-refractivity contribution in [1.82, 2.24) is 5.32 Å². The maximum absolute atomic E-state index is 12.8. The number of aliphatic hydroxyl groups excluding tert-OH is 5. The lowest BCUT2D eigenvalue weighted by Gasteiger charge is -2.40. The molecule has 286 valence electrons. The fourth-order valence-electron chi connectivity index (χ4n) is 5.95. The van der Waals surface area contributed by atoms with Gasteiger partial charge in [0, 0.05) is 6.42 Å². The third-order valence-corrected chi connectivity index (χ3v) is 9.20. The molecule has 9 nitrogen and oxygen atoms in total. The number of carbonyl (C=O) groups is 1. The fourth-order valence-corrected chi connectivity index (χ4v) is 5.95. The van der Waals surface area contributed by atoms with Crippen molar-refractivity contribution in [1.29, 1.82) is 0 Å². The monoisotopic (exact) mass is 696 g/mol. The summed E-state index contributed by atoms with van der Waals surface area (Å²) >= 11 is 0. The van der Waals surface area contributed by atoms with Gasteiger partial charge in [0.1, 0.15) is 24.4 Å². The average Bonchev–Trinajstić information content (AvgIpc) is 3.10. The van der Waals surface area contributed by atoms with Crippen molar-refractivity contribution in [3.8, 4) is 0 Å². The average molecular weight is 696 g/mol. The summed E-state index contributed by atoms with van der Waals surface area (Å²) in [7, 11) is 0. The van der Waals surface area contributed by atoms with Gasteiger partial charge in [0.2, 0.25) is 5.91 Å². The van der Waals surface area contributed by atoms with E-state index in [1.807, 2.05) is 6.08 Å². The molecule has 0 aromatic carbocycles. The van der Waals surface area contributed by atoms with Crippen molar-refractivity contribution >= 4 is 5.91 Å². The lowest BCUT2D eigenvalue weighted by Crippen LogP contribution is -2.60. The highest BCUT2D eigenvalue weighted by molar-refractivity contribution is 5.76. The minimum absolute atomic E-state index is 0.196. The van der Waals surface area contributed by atoms with Crippen LogP contribution in [0.1, 0.15) is 155 Å². The Bertz CT molecular complexity index is 863. The summed E-state index contributed by atoms with van der Waals surface area (Å²) in [6, 6.07) is -0.821. The summed E-state index contributed by atoms with van der Waals surface area (Å²) in [5.74, 6) is -0.196. The number of ether oxygens (including phenoxy) is 2. The van der Waals surface area contributed by atoms with Crippen molar-refractivity contribution in [2.75, 3.05) is 13.2 Å². The van der Waals surface area contributed by atoms with Gasteiger partial charge in [-0.2, -0.15) is 0 Å². The second-order valence-corrected chi connectivity index (χ2v) is 13.7. The van der Waals surface area contributed by atoms with Crippen LogP contribution in [-0.4, -0.2) is 87.5 Å². The van der Waals surface area contributed by atoms with E-state index in [-0.39, 0.29) is 12.5 Å². The van der Waals surface area contributed by atoms with Crippen molar-refractivity contribution in [3.05, 3.63) is 36.5 Å². The zero-order valence-electron chi connectivity index (χ0n) is 30.9. The highest BCUT2D eigenvalue weighted by Gasteiger charge is 2.44. The molecule has 0 bridgehead atoms. The van der Waals surface area contributed by atoms with Crippen LogP contribution in [-0.2, 0) is 14.3 Å². The molecule has 6 N–H and O–H groups in total. The van der Waals surface area contributed by atoms with E-state index in [0.717, 1.165) is 51.4 Å². The van der Waals surface area contributed by atoms with Gasteiger partial charge in [-0.1, -0.05) is 140 Å². The Balaban J connectivity index is 2.49. The van der Waals surface area contributed by atoms with E-state index in [1.165, 1.54) is 83.5 Å². The molecule has 1 fully saturated rings. The molecular formula is C40H73NO8. The first-order chi connectivity index (χ1) is 23.8. The molecule has 1 heterocycles. The van der Waals surface area contributed by atoms with Crippen LogP contribution in [0.4, 0.5) is 0 Å². The number of hydrogen-bond acceptors (Lipinski definition) is 8. The van der Waals surface area contributed by atoms with Crippen LogP contribution < -0.4 is 5.32 Å². The minimum Gasteiger partial charge on any atom is -0.394 e. The molecule has 0 aromatic rings. The number of carbonyl (C=O) groups excluding carboxylic acids is 1. The Labute approximate surface area is 298 Å². The number of allylic oxidation sites excluding steroid dienone is 5. The molecule has 0 aromatic heterocycles. The summed E-state index contributed by atoms with van der Waals surface area (Å²) in [4.78, 5) is 12.8. The minimum atomic E-state index is -1.57. The van der Waals surface area contributed by atoms with Gasteiger partial charge in [-0.3, -0.25) is 4.79 Å². The Morgan fingerprint density at radius 2 is 1.16 bits per heavy atom. The lowest BCUT2D eigenvalue weighted by molar-refractivity contribution is -0.302. The molecule has 0 aliphatic carbocycles. The first kappa shape index (κ1) is 45.4. The summed E-state index contributed by atoms with van der Waals surface area (Å²) in [6.45, 7) is 3.69. The van der Waals surface area contributed by atoms with Crippen LogP contribution >= 0.6 is 0 Å². The maximum Gasteiger partial charge on any atom is 0.220 e. The summed E-state index contributed by atoms with van der Waals surface area (Å²) in [5.41, 5.74) is 0. The maximum atomic E-state index is 12.8. The quantitative estimate of drug-likeness (QED) is 0.0338. The van der Waals surface area contributed by atoms with Crippen molar-refractivity contribution in [2.24, 2.45) is 0 Å². The molecule has 7 unspecified atom stereocenters. The van der Waals surface area contributed by atoms with E-state index in [1.54, 1.807) is 6.08 Å². The molecular weight excluding hydrogens is 622 g/mol. The van der Waals surface area contributed by atoms with Crippen molar-refractivity contribution in [2.45, 2.75) is 198 Å². The third kappa shape index (κ3) is 22.8. The number of nitrogens with one attached hydrogen (secondary N) is 1. The summed E-state index contributed by atoms with van der Waals surface area (Å²) in [5, 5.41) is 53.8. The fraction of sp³-hybridized carbons (Fsp3) is 0.825. The molecule has 49 heavy (non-hydrogen) atoms. The first-order valence-corrected chi connectivity index (χ1v) is 19.7. The Kier molecular flexibility index (Phi) is 28.9. The molecule has 1 rings (SSSR count). The molecule has 9 heteroatoms. The number of unbranched alkanes of at least 4 members (excludes halogenated alkanes) is 17. The van der Waals surface area contributed by atoms with E-state index in [2.05, 4.69) is 43.5 Å². The van der Waals surface area contributed by atoms with Gasteiger partial charge >= 0.3 is 0 Å². The molecule has 0 saturated carbocycles. The van der Waals surface area contributed by atoms with Gasteiger partial charge < -0.3 is 40.3 Å². The van der Waals surface area contributed by atoms with Crippen LogP contribution in [0.25, 0.3) is 0 Å².